The van der Waals surface area contributed by atoms with Gasteiger partial charge >= 0.3 is 12.3 Å². The van der Waals surface area contributed by atoms with Gasteiger partial charge in [0.25, 0.3) is 0 Å². The van der Waals surface area contributed by atoms with Gasteiger partial charge in [0.05, 0.1) is 17.1 Å². The quantitative estimate of drug-likeness (QED) is 0.568. The Kier molecular flexibility index (Phi) is 7.06. The first-order valence-corrected chi connectivity index (χ1v) is 10.7. The molecule has 32 heavy (non-hydrogen) atoms. The number of alkyl halides is 3. The maximum Gasteiger partial charge on any atom is 0.573 e. The molecule has 0 fully saturated rings. The summed E-state index contributed by atoms with van der Waals surface area (Å²) in [5.74, 6) is -1.55. The Morgan fingerprint density at radius 3 is 2.47 bits per heavy atom. The van der Waals surface area contributed by atoms with Crippen molar-refractivity contribution in [2.75, 3.05) is 13.1 Å². The molecule has 0 aromatic heterocycles. The van der Waals surface area contributed by atoms with Crippen molar-refractivity contribution in [3.8, 4) is 5.75 Å². The molecule has 2 N–H and O–H groups in total. The van der Waals surface area contributed by atoms with Crippen LogP contribution in [0.2, 0.25) is 0 Å². The molecule has 2 aromatic rings. The monoisotopic (exact) mass is 472 g/mol. The second-order valence-electron chi connectivity index (χ2n) is 6.76. The molecule has 1 aliphatic heterocycles. The summed E-state index contributed by atoms with van der Waals surface area (Å²) in [6.45, 7) is 0.288. The molecular weight excluding hydrogens is 453 g/mol. The Bertz CT molecular complexity index is 1100. The van der Waals surface area contributed by atoms with E-state index in [9.17, 15) is 26.4 Å². The fourth-order valence-electron chi connectivity index (χ4n) is 2.93. The number of hydrogen-bond acceptors (Lipinski definition) is 6. The van der Waals surface area contributed by atoms with E-state index in [4.69, 9.17) is 9.94 Å². The van der Waals surface area contributed by atoms with Crippen LogP contribution in [-0.2, 0) is 21.5 Å². The summed E-state index contributed by atoms with van der Waals surface area (Å²) in [6, 6.07) is 10.3. The predicted molar refractivity (Wildman–Crippen MR) is 106 cm³/mol. The lowest BCUT2D eigenvalue weighted by Crippen LogP contribution is -2.36. The highest BCUT2D eigenvalue weighted by Gasteiger charge is 2.31. The molecule has 1 aliphatic rings. The predicted octanol–water partition coefficient (Wildman–Crippen LogP) is 3.28. The van der Waals surface area contributed by atoms with Crippen molar-refractivity contribution in [2.24, 2.45) is 0 Å². The number of aromatic carboxylic acids is 1. The average Bonchev–Trinajstić information content (AvgIpc) is 2.73. The van der Waals surface area contributed by atoms with Crippen molar-refractivity contribution >= 4 is 16.0 Å². The van der Waals surface area contributed by atoms with E-state index in [2.05, 4.69) is 10.2 Å². The molecule has 1 heterocycles. The Morgan fingerprint density at radius 2 is 1.88 bits per heavy atom. The van der Waals surface area contributed by atoms with Gasteiger partial charge in [-0.2, -0.15) is 4.31 Å². The number of carbonyl (C=O) groups is 1. The van der Waals surface area contributed by atoms with E-state index in [1.54, 1.807) is 18.2 Å². The SMILES string of the molecule is O=C(O)c1cccc(CONC2=CCN(S(=O)(=O)c3ccc(OC(F)(F)F)cc3)CC2)c1. The van der Waals surface area contributed by atoms with Crippen molar-refractivity contribution in [1.29, 1.82) is 0 Å². The molecule has 0 amide bonds. The highest BCUT2D eigenvalue weighted by Crippen LogP contribution is 2.26. The molecule has 0 saturated carbocycles. The van der Waals surface area contributed by atoms with Crippen molar-refractivity contribution in [2.45, 2.75) is 24.3 Å². The average molecular weight is 472 g/mol. The third-order valence-corrected chi connectivity index (χ3v) is 6.36. The Labute approximate surface area is 181 Å². The van der Waals surface area contributed by atoms with Crippen LogP contribution in [0.3, 0.4) is 0 Å². The lowest BCUT2D eigenvalue weighted by atomic mass is 10.1. The molecule has 3 rings (SSSR count). The summed E-state index contributed by atoms with van der Waals surface area (Å²) in [5.41, 5.74) is 4.17. The number of nitrogens with one attached hydrogen (secondary N) is 1. The number of nitrogens with zero attached hydrogens (tertiary/aromatic N) is 1. The van der Waals surface area contributed by atoms with Crippen molar-refractivity contribution in [3.63, 3.8) is 0 Å². The van der Waals surface area contributed by atoms with E-state index in [0.717, 1.165) is 24.3 Å². The number of sulfonamides is 1. The molecule has 0 aliphatic carbocycles. The van der Waals surface area contributed by atoms with Crippen LogP contribution in [0.1, 0.15) is 22.3 Å². The molecular formula is C20H19F3N2O6S. The minimum atomic E-state index is -4.86. The number of ether oxygens (including phenoxy) is 1. The number of hydroxylamine groups is 1. The van der Waals surface area contributed by atoms with Gasteiger partial charge in [-0.15, -0.1) is 13.2 Å². The van der Waals surface area contributed by atoms with E-state index in [-0.39, 0.29) is 30.2 Å². The van der Waals surface area contributed by atoms with Gasteiger partial charge in [0.1, 0.15) is 5.75 Å². The molecule has 0 saturated heterocycles. The van der Waals surface area contributed by atoms with Crippen LogP contribution in [0.25, 0.3) is 0 Å². The first-order valence-electron chi connectivity index (χ1n) is 9.29. The standard InChI is InChI=1S/C20H19F3N2O6S/c21-20(22,23)31-17-4-6-18(7-5-17)32(28,29)25-10-8-16(9-11-25)24-30-13-14-2-1-3-15(12-14)19(26)27/h1-8,12,24H,9-11,13H2,(H,26,27). The number of carboxylic acids is 1. The van der Waals surface area contributed by atoms with Gasteiger partial charge in [-0.3, -0.25) is 10.3 Å². The van der Waals surface area contributed by atoms with E-state index in [1.807, 2.05) is 0 Å². The van der Waals surface area contributed by atoms with Crippen molar-refractivity contribution < 1.29 is 41.1 Å². The lowest BCUT2D eigenvalue weighted by Gasteiger charge is -2.26. The largest absolute Gasteiger partial charge is 0.573 e. The third kappa shape index (κ3) is 6.22. The molecule has 0 radical (unpaired) electrons. The molecule has 0 atom stereocenters. The van der Waals surface area contributed by atoms with Crippen LogP contribution >= 0.6 is 0 Å². The fraction of sp³-hybridized carbons (Fsp3) is 0.250. The Balaban J connectivity index is 1.55. The summed E-state index contributed by atoms with van der Waals surface area (Å²) in [5, 5.41) is 9.00. The Morgan fingerprint density at radius 1 is 1.16 bits per heavy atom. The van der Waals surface area contributed by atoms with Gasteiger partial charge in [-0.25, -0.2) is 13.2 Å². The van der Waals surface area contributed by atoms with E-state index in [0.29, 0.717) is 17.7 Å². The minimum Gasteiger partial charge on any atom is -0.478 e. The molecule has 0 bridgehead atoms. The summed E-state index contributed by atoms with van der Waals surface area (Å²) >= 11 is 0. The fourth-order valence-corrected chi connectivity index (χ4v) is 4.31. The first-order chi connectivity index (χ1) is 15.0. The minimum absolute atomic E-state index is 0.0450. The number of benzene rings is 2. The van der Waals surface area contributed by atoms with Gasteiger partial charge in [-0.1, -0.05) is 12.1 Å². The van der Waals surface area contributed by atoms with E-state index in [1.165, 1.54) is 16.4 Å². The maximum atomic E-state index is 12.7. The molecule has 0 spiro atoms. The highest BCUT2D eigenvalue weighted by molar-refractivity contribution is 7.89. The van der Waals surface area contributed by atoms with Gasteiger partial charge in [-0.05, 0) is 48.0 Å². The second kappa shape index (κ2) is 9.59. The third-order valence-electron chi connectivity index (χ3n) is 4.48. The zero-order valence-corrected chi connectivity index (χ0v) is 17.3. The van der Waals surface area contributed by atoms with Crippen LogP contribution in [0.4, 0.5) is 13.2 Å². The maximum absolute atomic E-state index is 12.7. The Hall–Kier alpha value is -3.09. The zero-order valence-electron chi connectivity index (χ0n) is 16.5. The highest BCUT2D eigenvalue weighted by atomic mass is 32.2. The van der Waals surface area contributed by atoms with Gasteiger partial charge < -0.3 is 9.84 Å². The molecule has 8 nitrogen and oxygen atoms in total. The topological polar surface area (TPSA) is 105 Å². The van der Waals surface area contributed by atoms with Crippen LogP contribution in [-0.4, -0.2) is 43.3 Å². The number of hydrogen-bond donors (Lipinski definition) is 2. The molecule has 2 aromatic carbocycles. The number of carboxylic acid groups (broad SMARTS) is 1. The van der Waals surface area contributed by atoms with Crippen LogP contribution in [0, 0.1) is 0 Å². The van der Waals surface area contributed by atoms with Gasteiger partial charge in [0, 0.05) is 25.2 Å². The van der Waals surface area contributed by atoms with Crippen molar-refractivity contribution in [3.05, 3.63) is 71.4 Å². The molecule has 12 heteroatoms. The van der Waals surface area contributed by atoms with Crippen LogP contribution in [0.5, 0.6) is 5.75 Å². The van der Waals surface area contributed by atoms with Gasteiger partial charge in [0.2, 0.25) is 10.0 Å². The summed E-state index contributed by atoms with van der Waals surface area (Å²) in [7, 11) is -3.89. The van der Waals surface area contributed by atoms with E-state index < -0.39 is 28.1 Å². The first kappa shape index (κ1) is 23.6. The number of halogens is 3. The van der Waals surface area contributed by atoms with Gasteiger partial charge in [0.15, 0.2) is 0 Å². The smallest absolute Gasteiger partial charge is 0.478 e. The van der Waals surface area contributed by atoms with Crippen LogP contribution < -0.4 is 10.2 Å². The molecule has 172 valence electrons. The normalized spacial score (nSPS) is 15.2. The zero-order chi connectivity index (χ0) is 23.4. The summed E-state index contributed by atoms with van der Waals surface area (Å²) in [4.78, 5) is 16.2. The molecule has 0 unspecified atom stereocenters. The lowest BCUT2D eigenvalue weighted by molar-refractivity contribution is -0.274. The van der Waals surface area contributed by atoms with Crippen molar-refractivity contribution in [1.82, 2.24) is 9.79 Å². The van der Waals surface area contributed by atoms with Crippen LogP contribution in [0.15, 0.2) is 65.2 Å². The van der Waals surface area contributed by atoms with E-state index >= 15 is 0 Å². The summed E-state index contributed by atoms with van der Waals surface area (Å²) < 4.78 is 67.1. The number of rotatable bonds is 8. The summed E-state index contributed by atoms with van der Waals surface area (Å²) in [6.07, 6.45) is -2.91. The second-order valence-corrected chi connectivity index (χ2v) is 8.70.